The van der Waals surface area contributed by atoms with Crippen molar-refractivity contribution < 1.29 is 23.8 Å². The average Bonchev–Trinajstić information content (AvgIpc) is 3.57. The smallest absolute Gasteiger partial charge is 0.306 e. The molecule has 1 aliphatic heterocycles. The molecule has 3 atom stereocenters. The number of aliphatic hydroxyl groups excluding tert-OH is 1. The van der Waals surface area contributed by atoms with Gasteiger partial charge in [0.2, 0.25) is 0 Å². The molecule has 9 heteroatoms. The summed E-state index contributed by atoms with van der Waals surface area (Å²) in [6.45, 7) is 6.61. The van der Waals surface area contributed by atoms with E-state index in [2.05, 4.69) is 90.2 Å². The number of hydrogen-bond donors (Lipinski definition) is 2. The Morgan fingerprint density at radius 3 is 2.16 bits per heavy atom. The van der Waals surface area contributed by atoms with E-state index >= 15 is 0 Å². The van der Waals surface area contributed by atoms with Crippen LogP contribution in [0.1, 0.15) is 83.6 Å². The summed E-state index contributed by atoms with van der Waals surface area (Å²) in [5.41, 5.74) is 4.46. The van der Waals surface area contributed by atoms with E-state index in [0.717, 1.165) is 38.5 Å². The Hall–Kier alpha value is -4.26. The Labute approximate surface area is 267 Å². The fraction of sp³-hybridized carbons (Fsp3) is 0.417. The van der Waals surface area contributed by atoms with Crippen LogP contribution in [-0.4, -0.2) is 44.9 Å². The maximum absolute atomic E-state index is 13.6. The van der Waals surface area contributed by atoms with Crippen LogP contribution in [0.25, 0.3) is 5.70 Å². The molecule has 242 valence electrons. The van der Waals surface area contributed by atoms with Crippen LogP contribution in [0.4, 0.5) is 10.2 Å². The molecule has 2 heterocycles. The van der Waals surface area contributed by atoms with Gasteiger partial charge in [-0.2, -0.15) is 4.39 Å². The van der Waals surface area contributed by atoms with Gasteiger partial charge in [-0.1, -0.05) is 92.3 Å². The van der Waals surface area contributed by atoms with Gasteiger partial charge in [0.05, 0.1) is 12.0 Å². The normalized spacial score (nSPS) is 21.0. The SMILES string of the molecule is C#C[C@]1(COC(=O)CC/C=C\C/C=C\C/C=C\C/C=C\C/C=C\C/C=C\CC)OC(n2cnc(C(=C)N)c2/N=C(\C)F)C[C@@H]1O. The molecule has 1 unspecified atom stereocenters. The molecule has 0 spiro atoms. The molecular weight excluding hydrogens is 571 g/mol. The zero-order chi connectivity index (χ0) is 32.9. The topological polar surface area (TPSA) is 112 Å². The van der Waals surface area contributed by atoms with Gasteiger partial charge < -0.3 is 20.3 Å². The van der Waals surface area contributed by atoms with Gasteiger partial charge in [-0.3, -0.25) is 9.36 Å². The maximum Gasteiger partial charge on any atom is 0.306 e. The molecule has 1 saturated heterocycles. The number of imidazole rings is 1. The van der Waals surface area contributed by atoms with E-state index in [1.54, 1.807) is 0 Å². The van der Waals surface area contributed by atoms with Crippen LogP contribution in [0.15, 0.2) is 90.8 Å². The Kier molecular flexibility index (Phi) is 16.9. The van der Waals surface area contributed by atoms with E-state index in [0.29, 0.717) is 6.42 Å². The van der Waals surface area contributed by atoms with E-state index in [-0.39, 0.29) is 36.7 Å². The summed E-state index contributed by atoms with van der Waals surface area (Å²) in [4.78, 5) is 20.3. The summed E-state index contributed by atoms with van der Waals surface area (Å²) in [5, 5.41) is 10.7. The lowest BCUT2D eigenvalue weighted by Crippen LogP contribution is -2.43. The minimum atomic E-state index is -1.58. The largest absolute Gasteiger partial charge is 0.461 e. The number of terminal acetylenes is 1. The lowest BCUT2D eigenvalue weighted by atomic mass is 9.99. The van der Waals surface area contributed by atoms with Crippen LogP contribution in [0.5, 0.6) is 0 Å². The van der Waals surface area contributed by atoms with Crippen LogP contribution in [-0.2, 0) is 14.3 Å². The first-order chi connectivity index (χ1) is 21.7. The van der Waals surface area contributed by atoms with E-state index < -0.39 is 29.9 Å². The predicted molar refractivity (Wildman–Crippen MR) is 180 cm³/mol. The van der Waals surface area contributed by atoms with Crippen molar-refractivity contribution in [2.24, 2.45) is 10.7 Å². The number of nitrogens with zero attached hydrogens (tertiary/aromatic N) is 3. The number of esters is 1. The van der Waals surface area contributed by atoms with Gasteiger partial charge in [0.1, 0.15) is 24.6 Å². The molecule has 0 amide bonds. The molecule has 0 saturated carbocycles. The number of aliphatic imine (C=N–C) groups is 1. The third kappa shape index (κ3) is 13.1. The molecule has 2 rings (SSSR count). The van der Waals surface area contributed by atoms with E-state index in [4.69, 9.17) is 21.6 Å². The molecule has 0 bridgehead atoms. The number of carbonyl (C=O) groups excluding carboxylic acids is 1. The first-order valence-electron chi connectivity index (χ1n) is 15.4. The number of halogens is 1. The second-order valence-electron chi connectivity index (χ2n) is 10.4. The van der Waals surface area contributed by atoms with Gasteiger partial charge >= 0.3 is 5.97 Å². The average molecular weight is 619 g/mol. The molecule has 1 aliphatic rings. The fourth-order valence-corrected chi connectivity index (χ4v) is 4.37. The van der Waals surface area contributed by atoms with Crippen molar-refractivity contribution in [2.45, 2.75) is 89.6 Å². The fourth-order valence-electron chi connectivity index (χ4n) is 4.37. The van der Waals surface area contributed by atoms with Gasteiger partial charge in [0.15, 0.2) is 17.4 Å². The number of rotatable bonds is 19. The van der Waals surface area contributed by atoms with Gasteiger partial charge in [-0.15, -0.1) is 6.42 Å². The summed E-state index contributed by atoms with van der Waals surface area (Å²) in [6, 6.07) is 0. The van der Waals surface area contributed by atoms with Gasteiger partial charge in [-0.25, -0.2) is 9.98 Å². The van der Waals surface area contributed by atoms with E-state index in [9.17, 15) is 14.3 Å². The molecule has 1 fully saturated rings. The minimum absolute atomic E-state index is 0.0426. The second kappa shape index (κ2) is 20.7. The highest BCUT2D eigenvalue weighted by Gasteiger charge is 2.49. The van der Waals surface area contributed by atoms with E-state index in [1.165, 1.54) is 17.8 Å². The molecular formula is C36H47FN4O4. The lowest BCUT2D eigenvalue weighted by molar-refractivity contribution is -0.156. The third-order valence-electron chi connectivity index (χ3n) is 6.76. The summed E-state index contributed by atoms with van der Waals surface area (Å²) in [5.74, 6) is 1.33. The number of nitrogens with two attached hydrogens (primary N) is 1. The van der Waals surface area contributed by atoms with Crippen molar-refractivity contribution >= 4 is 23.4 Å². The van der Waals surface area contributed by atoms with Crippen molar-refractivity contribution in [3.05, 3.63) is 91.5 Å². The number of aliphatic hydroxyl groups is 1. The van der Waals surface area contributed by atoms with Crippen LogP contribution in [0, 0.1) is 12.3 Å². The lowest BCUT2D eigenvalue weighted by Gasteiger charge is -2.26. The number of hydrogen-bond acceptors (Lipinski definition) is 7. The highest BCUT2D eigenvalue weighted by atomic mass is 19.1. The first-order valence-corrected chi connectivity index (χ1v) is 15.4. The molecule has 0 aromatic carbocycles. The maximum atomic E-state index is 13.6. The van der Waals surface area contributed by atoms with Crippen LogP contribution < -0.4 is 5.73 Å². The highest BCUT2D eigenvalue weighted by Crippen LogP contribution is 2.40. The number of aromatic nitrogens is 2. The highest BCUT2D eigenvalue weighted by molar-refractivity contribution is 5.78. The van der Waals surface area contributed by atoms with Gasteiger partial charge in [0, 0.05) is 19.8 Å². The zero-order valence-corrected chi connectivity index (χ0v) is 26.5. The van der Waals surface area contributed by atoms with E-state index in [1.807, 2.05) is 12.2 Å². The Balaban J connectivity index is 1.69. The van der Waals surface area contributed by atoms with Crippen molar-refractivity contribution in [2.75, 3.05) is 6.61 Å². The standard InChI is InChI=1S/C36H47FN4O4/c1-5-7-8-9-10-11-12-13-14-15-16-17-18-19-20-21-22-23-24-25-33(43)44-27-36(6-2)31(42)26-32(45-36)41-28-39-34(29(3)38)35(41)40-30(4)37/h2,7-8,10-11,13-14,16-17,19-20,22-23,28,31-32,42H,3,5,9,12,15,18,21,24-27,38H2,1,4H3/b8-7-,11-10-,14-13-,17-16-,20-19-,23-22-,40-30+/t31-,32?,36+/m0/s1. The van der Waals surface area contributed by atoms with Crippen LogP contribution >= 0.6 is 0 Å². The molecule has 0 aliphatic carbocycles. The molecule has 45 heavy (non-hydrogen) atoms. The van der Waals surface area contributed by atoms with Crippen LogP contribution in [0.2, 0.25) is 0 Å². The number of ether oxygens (including phenoxy) is 2. The first kappa shape index (κ1) is 36.9. The summed E-state index contributed by atoms with van der Waals surface area (Å²) < 4.78 is 26.4. The van der Waals surface area contributed by atoms with Gasteiger partial charge in [0.25, 0.3) is 0 Å². The van der Waals surface area contributed by atoms with Crippen molar-refractivity contribution in [1.82, 2.24) is 9.55 Å². The Morgan fingerprint density at radius 2 is 1.67 bits per heavy atom. The molecule has 1 aromatic heterocycles. The molecule has 3 N–H and O–H groups in total. The Bertz CT molecular complexity index is 1340. The number of carbonyl (C=O) groups is 1. The molecule has 1 aromatic rings. The number of allylic oxidation sites excluding steroid dienone is 12. The van der Waals surface area contributed by atoms with Crippen LogP contribution in [0.3, 0.4) is 0 Å². The summed E-state index contributed by atoms with van der Waals surface area (Å²) in [7, 11) is 0. The van der Waals surface area contributed by atoms with Crippen molar-refractivity contribution in [1.29, 1.82) is 0 Å². The van der Waals surface area contributed by atoms with Crippen molar-refractivity contribution in [3.63, 3.8) is 0 Å². The second-order valence-corrected chi connectivity index (χ2v) is 10.4. The predicted octanol–water partition coefficient (Wildman–Crippen LogP) is 7.50. The quantitative estimate of drug-likeness (QED) is 0.0719. The minimum Gasteiger partial charge on any atom is -0.461 e. The summed E-state index contributed by atoms with van der Waals surface area (Å²) in [6.07, 6.45) is 36.9. The summed E-state index contributed by atoms with van der Waals surface area (Å²) >= 11 is 0. The third-order valence-corrected chi connectivity index (χ3v) is 6.76. The van der Waals surface area contributed by atoms with Crippen molar-refractivity contribution in [3.8, 4) is 12.3 Å². The van der Waals surface area contributed by atoms with Gasteiger partial charge in [-0.05, 0) is 44.9 Å². The molecule has 0 radical (unpaired) electrons. The molecule has 8 nitrogen and oxygen atoms in total. The monoisotopic (exact) mass is 618 g/mol. The zero-order valence-electron chi connectivity index (χ0n) is 26.5. The Morgan fingerprint density at radius 1 is 1.13 bits per heavy atom.